The third-order valence-electron chi connectivity index (χ3n) is 5.07. The Morgan fingerprint density at radius 1 is 1.14 bits per heavy atom. The number of nitrogens with zero attached hydrogens (tertiary/aromatic N) is 1. The Bertz CT molecular complexity index is 944. The van der Waals surface area contributed by atoms with Gasteiger partial charge in [0.05, 0.1) is 6.04 Å². The summed E-state index contributed by atoms with van der Waals surface area (Å²) in [6.07, 6.45) is 1.03. The summed E-state index contributed by atoms with van der Waals surface area (Å²) < 4.78 is 0. The molecule has 0 saturated carbocycles. The number of halogens is 1. The molecule has 0 fully saturated rings. The molecule has 1 aliphatic heterocycles. The summed E-state index contributed by atoms with van der Waals surface area (Å²) in [5, 5.41) is 10.7. The molecule has 4 nitrogen and oxygen atoms in total. The summed E-state index contributed by atoms with van der Waals surface area (Å²) in [5.74, 6) is 0. The highest BCUT2D eigenvalue weighted by Crippen LogP contribution is 2.28. The van der Waals surface area contributed by atoms with Gasteiger partial charge in [0, 0.05) is 30.3 Å². The van der Waals surface area contributed by atoms with E-state index in [0.29, 0.717) is 17.3 Å². The van der Waals surface area contributed by atoms with E-state index in [1.165, 1.54) is 16.7 Å². The average Bonchev–Trinajstić information content (AvgIpc) is 3.22. The van der Waals surface area contributed by atoms with Crippen LogP contribution in [0.4, 0.5) is 10.5 Å². The van der Waals surface area contributed by atoms with Crippen molar-refractivity contribution in [3.63, 3.8) is 0 Å². The highest BCUT2D eigenvalue weighted by molar-refractivity contribution is 7.08. The second-order valence-electron chi connectivity index (χ2n) is 6.91. The summed E-state index contributed by atoms with van der Waals surface area (Å²) in [7, 11) is 0. The minimum Gasteiger partial charge on any atom is -0.336 e. The molecule has 6 heteroatoms. The summed E-state index contributed by atoms with van der Waals surface area (Å²) in [6, 6.07) is 17.8. The number of amides is 2. The van der Waals surface area contributed by atoms with E-state index >= 15 is 0 Å². The number of carbonyl (C=O) groups excluding carboxylic acids is 1. The van der Waals surface area contributed by atoms with Crippen molar-refractivity contribution in [3.05, 3.63) is 87.1 Å². The van der Waals surface area contributed by atoms with Crippen LogP contribution in [-0.4, -0.2) is 24.0 Å². The summed E-state index contributed by atoms with van der Waals surface area (Å²) in [5.41, 5.74) is 4.73. The van der Waals surface area contributed by atoms with Crippen LogP contribution in [0.25, 0.3) is 0 Å². The SMILES string of the molecule is O=C(NCC(c1ccsc1)N1CCc2ccccc2C1)Nc1cccc(Cl)c1. The quantitative estimate of drug-likeness (QED) is 0.596. The van der Waals surface area contributed by atoms with Gasteiger partial charge in [-0.3, -0.25) is 4.90 Å². The molecular weight excluding hydrogens is 390 g/mol. The van der Waals surface area contributed by atoms with Gasteiger partial charge in [0.15, 0.2) is 0 Å². The van der Waals surface area contributed by atoms with Crippen molar-refractivity contribution in [3.8, 4) is 0 Å². The first-order valence-corrected chi connectivity index (χ1v) is 10.6. The minimum absolute atomic E-state index is 0.143. The predicted molar refractivity (Wildman–Crippen MR) is 116 cm³/mol. The zero-order chi connectivity index (χ0) is 19.3. The fraction of sp³-hybridized carbons (Fsp3) is 0.227. The number of benzene rings is 2. The van der Waals surface area contributed by atoms with Crippen molar-refractivity contribution in [2.45, 2.75) is 19.0 Å². The van der Waals surface area contributed by atoms with E-state index in [4.69, 9.17) is 11.6 Å². The van der Waals surface area contributed by atoms with E-state index in [2.05, 4.69) is 56.6 Å². The lowest BCUT2D eigenvalue weighted by molar-refractivity contribution is 0.176. The molecule has 0 spiro atoms. The number of urea groups is 1. The number of hydrogen-bond donors (Lipinski definition) is 2. The predicted octanol–water partition coefficient (Wildman–Crippen LogP) is 5.32. The number of carbonyl (C=O) groups is 1. The third kappa shape index (κ3) is 4.55. The normalized spacial score (nSPS) is 14.9. The van der Waals surface area contributed by atoms with Gasteiger partial charge in [-0.05, 0) is 58.1 Å². The molecule has 0 saturated heterocycles. The monoisotopic (exact) mass is 411 g/mol. The van der Waals surface area contributed by atoms with Gasteiger partial charge in [-0.15, -0.1) is 0 Å². The van der Waals surface area contributed by atoms with Crippen LogP contribution in [0.2, 0.25) is 5.02 Å². The Labute approximate surface area is 174 Å². The highest BCUT2D eigenvalue weighted by Gasteiger charge is 2.25. The van der Waals surface area contributed by atoms with Crippen molar-refractivity contribution in [2.75, 3.05) is 18.4 Å². The highest BCUT2D eigenvalue weighted by atomic mass is 35.5. The van der Waals surface area contributed by atoms with Crippen molar-refractivity contribution in [1.82, 2.24) is 10.2 Å². The molecule has 28 heavy (non-hydrogen) atoms. The molecular formula is C22H22ClN3OS. The third-order valence-corrected chi connectivity index (χ3v) is 6.00. The maximum absolute atomic E-state index is 12.4. The van der Waals surface area contributed by atoms with E-state index in [1.54, 1.807) is 23.5 Å². The van der Waals surface area contributed by atoms with Gasteiger partial charge in [0.25, 0.3) is 0 Å². The van der Waals surface area contributed by atoms with Gasteiger partial charge >= 0.3 is 6.03 Å². The van der Waals surface area contributed by atoms with E-state index in [0.717, 1.165) is 19.5 Å². The molecule has 2 amide bonds. The van der Waals surface area contributed by atoms with E-state index in [-0.39, 0.29) is 12.1 Å². The number of rotatable bonds is 5. The Balaban J connectivity index is 1.43. The Morgan fingerprint density at radius 3 is 2.79 bits per heavy atom. The largest absolute Gasteiger partial charge is 0.336 e. The van der Waals surface area contributed by atoms with Crippen molar-refractivity contribution in [2.24, 2.45) is 0 Å². The number of thiophene rings is 1. The number of anilines is 1. The van der Waals surface area contributed by atoms with Crippen LogP contribution in [0, 0.1) is 0 Å². The van der Waals surface area contributed by atoms with Gasteiger partial charge in [0.2, 0.25) is 0 Å². The molecule has 3 aromatic rings. The van der Waals surface area contributed by atoms with Crippen molar-refractivity contribution in [1.29, 1.82) is 0 Å². The number of hydrogen-bond acceptors (Lipinski definition) is 3. The van der Waals surface area contributed by atoms with Gasteiger partial charge in [0.1, 0.15) is 0 Å². The van der Waals surface area contributed by atoms with Crippen molar-refractivity contribution < 1.29 is 4.79 Å². The van der Waals surface area contributed by atoms with Crippen LogP contribution < -0.4 is 10.6 Å². The molecule has 1 atom stereocenters. The van der Waals surface area contributed by atoms with Crippen LogP contribution in [0.15, 0.2) is 65.4 Å². The van der Waals surface area contributed by atoms with Crippen LogP contribution in [0.5, 0.6) is 0 Å². The van der Waals surface area contributed by atoms with E-state index in [1.807, 2.05) is 12.1 Å². The van der Waals surface area contributed by atoms with Crippen LogP contribution >= 0.6 is 22.9 Å². The first kappa shape index (κ1) is 19.0. The van der Waals surface area contributed by atoms with Crippen LogP contribution in [0.3, 0.4) is 0 Å². The smallest absolute Gasteiger partial charge is 0.319 e. The second kappa shape index (κ2) is 8.78. The van der Waals surface area contributed by atoms with Gasteiger partial charge in [-0.25, -0.2) is 4.79 Å². The molecule has 144 valence electrons. The topological polar surface area (TPSA) is 44.4 Å². The molecule has 1 aromatic heterocycles. The van der Waals surface area contributed by atoms with Gasteiger partial charge < -0.3 is 10.6 Å². The molecule has 0 radical (unpaired) electrons. The number of fused-ring (bicyclic) bond motifs is 1. The summed E-state index contributed by atoms with van der Waals surface area (Å²) >= 11 is 7.68. The zero-order valence-corrected chi connectivity index (χ0v) is 17.0. The first-order chi connectivity index (χ1) is 13.7. The molecule has 4 rings (SSSR count). The van der Waals surface area contributed by atoms with Crippen LogP contribution in [-0.2, 0) is 13.0 Å². The van der Waals surface area contributed by atoms with Gasteiger partial charge in [-0.2, -0.15) is 11.3 Å². The molecule has 0 bridgehead atoms. The lowest BCUT2D eigenvalue weighted by atomic mass is 9.97. The lowest BCUT2D eigenvalue weighted by Gasteiger charge is -2.35. The fourth-order valence-electron chi connectivity index (χ4n) is 3.64. The summed E-state index contributed by atoms with van der Waals surface area (Å²) in [6.45, 7) is 2.43. The zero-order valence-electron chi connectivity index (χ0n) is 15.4. The first-order valence-electron chi connectivity index (χ1n) is 9.32. The van der Waals surface area contributed by atoms with Crippen LogP contribution in [0.1, 0.15) is 22.7 Å². The standard InChI is InChI=1S/C22H22ClN3OS/c23-19-6-3-7-20(12-19)25-22(27)24-13-21(18-9-11-28-15-18)26-10-8-16-4-1-2-5-17(16)14-26/h1-7,9,11-12,15,21H,8,10,13-14H2,(H2,24,25,27). The van der Waals surface area contributed by atoms with Gasteiger partial charge in [-0.1, -0.05) is 41.9 Å². The maximum Gasteiger partial charge on any atom is 0.319 e. The van der Waals surface area contributed by atoms with E-state index in [9.17, 15) is 4.79 Å². The second-order valence-corrected chi connectivity index (χ2v) is 8.12. The average molecular weight is 412 g/mol. The minimum atomic E-state index is -0.222. The fourth-order valence-corrected chi connectivity index (χ4v) is 4.53. The molecule has 2 heterocycles. The number of nitrogens with one attached hydrogen (secondary N) is 2. The Hall–Kier alpha value is -2.34. The Kier molecular flexibility index (Phi) is 5.95. The van der Waals surface area contributed by atoms with E-state index < -0.39 is 0 Å². The van der Waals surface area contributed by atoms with Crippen molar-refractivity contribution >= 4 is 34.7 Å². The molecule has 0 aliphatic carbocycles. The Morgan fingerprint density at radius 2 is 2.00 bits per heavy atom. The molecule has 1 aliphatic rings. The molecule has 1 unspecified atom stereocenters. The lowest BCUT2D eigenvalue weighted by Crippen LogP contribution is -2.41. The molecule has 2 aromatic carbocycles. The molecule has 2 N–H and O–H groups in total. The summed E-state index contributed by atoms with van der Waals surface area (Å²) in [4.78, 5) is 14.8. The maximum atomic E-state index is 12.4.